The molecule has 3 heterocycles. The van der Waals surface area contributed by atoms with Gasteiger partial charge in [0.15, 0.2) is 0 Å². The zero-order valence-corrected chi connectivity index (χ0v) is 18.3. The molecule has 5 rings (SSSR count). The molecular formula is C26H27N3O5. The van der Waals surface area contributed by atoms with E-state index in [1.807, 2.05) is 0 Å². The number of nitrogens with zero attached hydrogens (tertiary/aromatic N) is 2. The van der Waals surface area contributed by atoms with E-state index in [2.05, 4.69) is 11.9 Å². The van der Waals surface area contributed by atoms with Crippen molar-refractivity contribution in [1.82, 2.24) is 15.1 Å². The highest BCUT2D eigenvalue weighted by molar-refractivity contribution is 6.02. The lowest BCUT2D eigenvalue weighted by Crippen LogP contribution is -2.49. The first-order valence-electron chi connectivity index (χ1n) is 14.3. The van der Waals surface area contributed by atoms with Gasteiger partial charge in [-0.1, -0.05) is 36.8 Å². The molecule has 0 bridgehead atoms. The van der Waals surface area contributed by atoms with Crippen LogP contribution in [0.4, 0.5) is 0 Å². The third-order valence-electron chi connectivity index (χ3n) is 5.84. The summed E-state index contributed by atoms with van der Waals surface area (Å²) < 4.78 is 70.4. The lowest BCUT2D eigenvalue weighted by atomic mass is 10.0. The second-order valence-corrected chi connectivity index (χ2v) is 8.10. The van der Waals surface area contributed by atoms with Crippen LogP contribution >= 0.6 is 0 Å². The Balaban J connectivity index is 1.45. The highest BCUT2D eigenvalue weighted by Crippen LogP contribution is 2.34. The Hall–Kier alpha value is -3.65. The zero-order chi connectivity index (χ0) is 29.9. The van der Waals surface area contributed by atoms with Gasteiger partial charge in [0.1, 0.15) is 25.0 Å². The van der Waals surface area contributed by atoms with E-state index in [1.54, 1.807) is 6.07 Å². The van der Waals surface area contributed by atoms with Crippen molar-refractivity contribution in [3.63, 3.8) is 0 Å². The van der Waals surface area contributed by atoms with E-state index >= 15 is 0 Å². The van der Waals surface area contributed by atoms with Crippen LogP contribution in [0.15, 0.2) is 54.7 Å². The number of morpholine rings is 1. The zero-order valence-electron chi connectivity index (χ0n) is 25.3. The van der Waals surface area contributed by atoms with Gasteiger partial charge in [0.05, 0.1) is 22.7 Å². The molecule has 1 atom stereocenters. The molecule has 2 fully saturated rings. The molecule has 0 spiro atoms. The van der Waals surface area contributed by atoms with Gasteiger partial charge in [0.25, 0.3) is 5.91 Å². The minimum atomic E-state index is -2.77. The molecule has 0 aromatic heterocycles. The fourth-order valence-corrected chi connectivity index (χ4v) is 4.08. The van der Waals surface area contributed by atoms with Gasteiger partial charge in [0.2, 0.25) is 11.8 Å². The van der Waals surface area contributed by atoms with Crippen molar-refractivity contribution < 1.29 is 33.5 Å². The minimum Gasteiger partial charge on any atom is -0.489 e. The molecule has 8 heteroatoms. The second kappa shape index (κ2) is 9.30. The van der Waals surface area contributed by atoms with E-state index in [9.17, 15) is 14.4 Å². The van der Waals surface area contributed by atoms with Gasteiger partial charge in [-0.05, 0) is 36.1 Å². The molecule has 34 heavy (non-hydrogen) atoms. The Morgan fingerprint density at radius 1 is 1.21 bits per heavy atom. The number of benzene rings is 2. The number of carbonyl (C=O) groups is 3. The minimum absolute atomic E-state index is 0.0141. The van der Waals surface area contributed by atoms with Crippen molar-refractivity contribution in [2.75, 3.05) is 19.8 Å². The second-order valence-electron chi connectivity index (χ2n) is 8.10. The average molecular weight is 469 g/mol. The van der Waals surface area contributed by atoms with Crippen LogP contribution in [-0.2, 0) is 33.9 Å². The molecule has 8 nitrogen and oxygen atoms in total. The summed E-state index contributed by atoms with van der Waals surface area (Å²) in [5.74, 6) is -1.46. The molecule has 2 saturated heterocycles. The smallest absolute Gasteiger partial charge is 0.255 e. The number of fused-ring (bicyclic) bond motifs is 1. The van der Waals surface area contributed by atoms with Crippen molar-refractivity contribution in [2.24, 2.45) is 0 Å². The predicted octanol–water partition coefficient (Wildman–Crippen LogP) is 2.37. The Morgan fingerprint density at radius 3 is 2.88 bits per heavy atom. The Morgan fingerprint density at radius 2 is 2.06 bits per heavy atom. The molecule has 2 aromatic carbocycles. The fraction of sp³-hybridized carbons (Fsp3) is 0.346. The maximum absolute atomic E-state index is 13.2. The molecule has 3 aliphatic heterocycles. The summed E-state index contributed by atoms with van der Waals surface area (Å²) in [5, 5.41) is 2.65. The van der Waals surface area contributed by atoms with E-state index in [1.165, 1.54) is 17.0 Å². The number of carbonyl (C=O) groups excluding carboxylic acids is 3. The van der Waals surface area contributed by atoms with Crippen LogP contribution < -0.4 is 10.1 Å². The summed E-state index contributed by atoms with van der Waals surface area (Å²) in [6.45, 7) is -2.05. The number of hydrogen-bond acceptors (Lipinski definition) is 5. The molecular weight excluding hydrogens is 434 g/mol. The van der Waals surface area contributed by atoms with Crippen LogP contribution in [0, 0.1) is 0 Å². The molecule has 176 valence electrons. The molecule has 1 unspecified atom stereocenters. The van der Waals surface area contributed by atoms with E-state index in [4.69, 9.17) is 19.1 Å². The largest absolute Gasteiger partial charge is 0.489 e. The number of rotatable bonds is 6. The monoisotopic (exact) mass is 468 g/mol. The van der Waals surface area contributed by atoms with Gasteiger partial charge in [-0.25, -0.2) is 0 Å². The fourth-order valence-electron chi connectivity index (χ4n) is 4.08. The van der Waals surface area contributed by atoms with Crippen LogP contribution in [0.25, 0.3) is 0 Å². The normalized spacial score (nSPS) is 24.2. The standard InChI is InChI=1S/C26H27N3O5/c1-17-5-10-22(25(31)27-17)29-14-21-20(26(29)32)3-2-4-23(21)34-15-19-8-6-18(7-9-19)13-28-11-12-33-16-24(28)30/h2-4,6-9,22H,1,5,10-16H2,(H,27,31)/i6D,7D,8D,13D2,15D2. The van der Waals surface area contributed by atoms with Crippen molar-refractivity contribution >= 4 is 17.7 Å². The van der Waals surface area contributed by atoms with Crippen molar-refractivity contribution in [3.8, 4) is 5.75 Å². The van der Waals surface area contributed by atoms with E-state index < -0.39 is 60.2 Å². The number of amides is 3. The molecule has 3 amide bonds. The highest BCUT2D eigenvalue weighted by Gasteiger charge is 2.39. The number of piperidine rings is 1. The summed E-state index contributed by atoms with van der Waals surface area (Å²) in [7, 11) is 0. The predicted molar refractivity (Wildman–Crippen MR) is 124 cm³/mol. The third-order valence-corrected chi connectivity index (χ3v) is 5.84. The topological polar surface area (TPSA) is 88.2 Å². The quantitative estimate of drug-likeness (QED) is 0.703. The van der Waals surface area contributed by atoms with Gasteiger partial charge in [0, 0.05) is 29.9 Å². The van der Waals surface area contributed by atoms with Gasteiger partial charge in [-0.15, -0.1) is 0 Å². The van der Waals surface area contributed by atoms with Crippen LogP contribution in [0.1, 0.15) is 49.5 Å². The summed E-state index contributed by atoms with van der Waals surface area (Å²) in [6, 6.07) is 2.62. The maximum atomic E-state index is 13.2. The van der Waals surface area contributed by atoms with Crippen LogP contribution in [0.3, 0.4) is 0 Å². The molecule has 0 radical (unpaired) electrons. The SMILES string of the molecule is [2H]c1cc(C([2H])([2H])Oc2cccc3c2CN(C2CCC(=C)NC2=O)C3=O)c([2H])c([2H])c1C([2H])([2H])N1CCOCC1=O. The van der Waals surface area contributed by atoms with Crippen molar-refractivity contribution in [3.05, 3.63) is 76.9 Å². The van der Waals surface area contributed by atoms with Gasteiger partial charge < -0.3 is 24.6 Å². The van der Waals surface area contributed by atoms with Gasteiger partial charge in [-0.3, -0.25) is 14.4 Å². The Kier molecular flexibility index (Phi) is 4.18. The van der Waals surface area contributed by atoms with E-state index in [0.717, 1.165) is 11.0 Å². The van der Waals surface area contributed by atoms with Gasteiger partial charge >= 0.3 is 0 Å². The number of allylic oxidation sites excluding steroid dienone is 1. The number of nitrogens with one attached hydrogen (secondary N) is 1. The lowest BCUT2D eigenvalue weighted by Gasteiger charge is -2.31. The van der Waals surface area contributed by atoms with E-state index in [-0.39, 0.29) is 43.5 Å². The molecule has 1 N–H and O–H groups in total. The highest BCUT2D eigenvalue weighted by atomic mass is 16.5. The van der Waals surface area contributed by atoms with Crippen molar-refractivity contribution in [2.45, 2.75) is 38.5 Å². The maximum Gasteiger partial charge on any atom is 0.255 e. The number of ether oxygens (including phenoxy) is 2. The number of hydrogen-bond donors (Lipinski definition) is 1. The first kappa shape index (κ1) is 15.3. The molecule has 2 aromatic rings. The molecule has 0 aliphatic carbocycles. The van der Waals surface area contributed by atoms with E-state index in [0.29, 0.717) is 24.1 Å². The summed E-state index contributed by atoms with van der Waals surface area (Å²) >= 11 is 0. The molecule has 3 aliphatic rings. The third kappa shape index (κ3) is 4.41. The first-order chi connectivity index (χ1) is 19.2. The van der Waals surface area contributed by atoms with Crippen LogP contribution in [0.5, 0.6) is 5.75 Å². The summed E-state index contributed by atoms with van der Waals surface area (Å²) in [4.78, 5) is 40.2. The average Bonchev–Trinajstić information content (AvgIpc) is 3.23. The first-order valence-corrected chi connectivity index (χ1v) is 10.8. The van der Waals surface area contributed by atoms with Crippen molar-refractivity contribution in [1.29, 1.82) is 0 Å². The summed E-state index contributed by atoms with van der Waals surface area (Å²) in [5.41, 5.74) is 0.109. The Labute approximate surface area is 208 Å². The summed E-state index contributed by atoms with van der Waals surface area (Å²) in [6.07, 6.45) is 0.894. The van der Waals surface area contributed by atoms with Gasteiger partial charge in [-0.2, -0.15) is 0 Å². The molecule has 0 saturated carbocycles. The van der Waals surface area contributed by atoms with Crippen LogP contribution in [-0.4, -0.2) is 53.3 Å². The Bertz CT molecular complexity index is 1480. The lowest BCUT2D eigenvalue weighted by molar-refractivity contribution is -0.143. The van der Waals surface area contributed by atoms with Crippen LogP contribution in [0.2, 0.25) is 0 Å².